The van der Waals surface area contributed by atoms with Crippen molar-refractivity contribution in [3.05, 3.63) is 57.8 Å². The zero-order chi connectivity index (χ0) is 12.8. The van der Waals surface area contributed by atoms with Crippen LogP contribution in [0.5, 0.6) is 0 Å². The molecule has 0 spiro atoms. The summed E-state index contributed by atoms with van der Waals surface area (Å²) in [5.74, 6) is -0.189. The quantitative estimate of drug-likeness (QED) is 0.664. The van der Waals surface area contributed by atoms with Crippen molar-refractivity contribution in [3.8, 4) is 0 Å². The largest absolute Gasteiger partial charge is 0.271 e. The SMILES string of the molecule is CCc1ccc(C(=O)N/N=C\c2cccs2)cc1. The monoisotopic (exact) mass is 258 g/mol. The molecule has 0 aliphatic rings. The van der Waals surface area contributed by atoms with Gasteiger partial charge in [0.25, 0.3) is 5.91 Å². The minimum absolute atomic E-state index is 0.189. The first-order valence-electron chi connectivity index (χ1n) is 5.75. The average molecular weight is 258 g/mol. The first-order valence-corrected chi connectivity index (χ1v) is 6.63. The number of nitrogens with one attached hydrogen (secondary N) is 1. The summed E-state index contributed by atoms with van der Waals surface area (Å²) in [5.41, 5.74) is 4.35. The molecule has 0 fully saturated rings. The van der Waals surface area contributed by atoms with Crippen molar-refractivity contribution in [2.45, 2.75) is 13.3 Å². The molecule has 2 aromatic rings. The molecule has 1 N–H and O–H groups in total. The fourth-order valence-electron chi connectivity index (χ4n) is 1.48. The number of nitrogens with zero attached hydrogens (tertiary/aromatic N) is 1. The van der Waals surface area contributed by atoms with Gasteiger partial charge in [0.05, 0.1) is 6.21 Å². The minimum atomic E-state index is -0.189. The highest BCUT2D eigenvalue weighted by Crippen LogP contribution is 2.06. The molecule has 0 aliphatic heterocycles. The van der Waals surface area contributed by atoms with Gasteiger partial charge in [-0.3, -0.25) is 4.79 Å². The number of hydrazone groups is 1. The molecule has 0 bridgehead atoms. The van der Waals surface area contributed by atoms with E-state index in [2.05, 4.69) is 17.5 Å². The van der Waals surface area contributed by atoms with Crippen LogP contribution < -0.4 is 5.43 Å². The molecule has 2 rings (SSSR count). The van der Waals surface area contributed by atoms with E-state index in [0.29, 0.717) is 5.56 Å². The standard InChI is InChI=1S/C14H14N2OS/c1-2-11-5-7-12(8-6-11)14(17)16-15-10-13-4-3-9-18-13/h3-10H,2H2,1H3,(H,16,17)/b15-10-. The van der Waals surface area contributed by atoms with Crippen LogP contribution in [0.4, 0.5) is 0 Å². The van der Waals surface area contributed by atoms with E-state index in [4.69, 9.17) is 0 Å². The van der Waals surface area contributed by atoms with Crippen LogP contribution in [0.3, 0.4) is 0 Å². The Kier molecular flexibility index (Phi) is 4.25. The Balaban J connectivity index is 1.95. The molecule has 92 valence electrons. The van der Waals surface area contributed by atoms with E-state index in [1.807, 2.05) is 41.8 Å². The lowest BCUT2D eigenvalue weighted by Crippen LogP contribution is -2.17. The molecule has 1 aromatic heterocycles. The third-order valence-electron chi connectivity index (χ3n) is 2.53. The number of hydrogen-bond acceptors (Lipinski definition) is 3. The molecule has 0 saturated carbocycles. The Morgan fingerprint density at radius 2 is 2.11 bits per heavy atom. The molecule has 0 saturated heterocycles. The predicted octanol–water partition coefficient (Wildman–Crippen LogP) is 3.07. The van der Waals surface area contributed by atoms with Gasteiger partial charge in [-0.05, 0) is 35.6 Å². The number of amides is 1. The Morgan fingerprint density at radius 1 is 1.33 bits per heavy atom. The Bertz CT molecular complexity index is 529. The number of rotatable bonds is 4. The predicted molar refractivity (Wildman–Crippen MR) is 75.2 cm³/mol. The lowest BCUT2D eigenvalue weighted by atomic mass is 10.1. The fourth-order valence-corrected chi connectivity index (χ4v) is 2.06. The maximum atomic E-state index is 11.8. The lowest BCUT2D eigenvalue weighted by molar-refractivity contribution is 0.0955. The molecule has 1 amide bonds. The summed E-state index contributed by atoms with van der Waals surface area (Å²) in [6.45, 7) is 2.08. The minimum Gasteiger partial charge on any atom is -0.267 e. The zero-order valence-corrected chi connectivity index (χ0v) is 10.9. The molecule has 3 nitrogen and oxygen atoms in total. The van der Waals surface area contributed by atoms with Gasteiger partial charge in [0, 0.05) is 10.4 Å². The fraction of sp³-hybridized carbons (Fsp3) is 0.143. The van der Waals surface area contributed by atoms with Crippen LogP contribution in [-0.2, 0) is 6.42 Å². The molecular formula is C14H14N2OS. The zero-order valence-electron chi connectivity index (χ0n) is 10.1. The van der Waals surface area contributed by atoms with Crippen molar-refractivity contribution in [2.75, 3.05) is 0 Å². The van der Waals surface area contributed by atoms with Crippen molar-refractivity contribution in [3.63, 3.8) is 0 Å². The Morgan fingerprint density at radius 3 is 2.72 bits per heavy atom. The third-order valence-corrected chi connectivity index (χ3v) is 3.33. The van der Waals surface area contributed by atoms with Crippen LogP contribution in [0.2, 0.25) is 0 Å². The number of carbonyl (C=O) groups excluding carboxylic acids is 1. The highest BCUT2D eigenvalue weighted by molar-refractivity contribution is 7.11. The van der Waals surface area contributed by atoms with Crippen LogP contribution in [0.15, 0.2) is 46.9 Å². The first-order chi connectivity index (χ1) is 8.79. The van der Waals surface area contributed by atoms with Gasteiger partial charge < -0.3 is 0 Å². The van der Waals surface area contributed by atoms with E-state index in [9.17, 15) is 4.79 Å². The molecule has 1 heterocycles. The van der Waals surface area contributed by atoms with Gasteiger partial charge in [-0.2, -0.15) is 5.10 Å². The van der Waals surface area contributed by atoms with Crippen LogP contribution in [-0.4, -0.2) is 12.1 Å². The molecule has 18 heavy (non-hydrogen) atoms. The summed E-state index contributed by atoms with van der Waals surface area (Å²) in [4.78, 5) is 12.8. The summed E-state index contributed by atoms with van der Waals surface area (Å²) in [6.07, 6.45) is 2.61. The summed E-state index contributed by atoms with van der Waals surface area (Å²) in [5, 5.41) is 5.88. The second-order valence-electron chi connectivity index (χ2n) is 3.77. The number of carbonyl (C=O) groups is 1. The van der Waals surface area contributed by atoms with Crippen LogP contribution >= 0.6 is 11.3 Å². The average Bonchev–Trinajstić information content (AvgIpc) is 2.92. The molecular weight excluding hydrogens is 244 g/mol. The van der Waals surface area contributed by atoms with Crippen LogP contribution in [0.25, 0.3) is 0 Å². The first kappa shape index (κ1) is 12.5. The summed E-state index contributed by atoms with van der Waals surface area (Å²) < 4.78 is 0. The number of hydrogen-bond donors (Lipinski definition) is 1. The molecule has 0 atom stereocenters. The van der Waals surface area contributed by atoms with Crippen LogP contribution in [0.1, 0.15) is 27.7 Å². The van der Waals surface area contributed by atoms with E-state index < -0.39 is 0 Å². The van der Waals surface area contributed by atoms with Crippen LogP contribution in [0, 0.1) is 0 Å². The van der Waals surface area contributed by atoms with E-state index >= 15 is 0 Å². The molecule has 4 heteroatoms. The van der Waals surface area contributed by atoms with Gasteiger partial charge >= 0.3 is 0 Å². The summed E-state index contributed by atoms with van der Waals surface area (Å²) in [6, 6.07) is 11.4. The highest BCUT2D eigenvalue weighted by Gasteiger charge is 2.03. The van der Waals surface area contributed by atoms with Crippen molar-refractivity contribution in [1.29, 1.82) is 0 Å². The summed E-state index contributed by atoms with van der Waals surface area (Å²) >= 11 is 1.57. The third kappa shape index (κ3) is 3.28. The number of aryl methyl sites for hydroxylation is 1. The van der Waals surface area contributed by atoms with Gasteiger partial charge in [-0.15, -0.1) is 11.3 Å². The second kappa shape index (κ2) is 6.12. The number of benzene rings is 1. The van der Waals surface area contributed by atoms with E-state index in [1.54, 1.807) is 17.6 Å². The van der Waals surface area contributed by atoms with Crippen molar-refractivity contribution in [1.82, 2.24) is 5.43 Å². The maximum absolute atomic E-state index is 11.8. The molecule has 0 radical (unpaired) electrons. The van der Waals surface area contributed by atoms with Gasteiger partial charge in [0.15, 0.2) is 0 Å². The molecule has 0 unspecified atom stereocenters. The normalized spacial score (nSPS) is 10.7. The topological polar surface area (TPSA) is 41.5 Å². The van der Waals surface area contributed by atoms with Crippen molar-refractivity contribution < 1.29 is 4.79 Å². The summed E-state index contributed by atoms with van der Waals surface area (Å²) in [7, 11) is 0. The smallest absolute Gasteiger partial charge is 0.267 e. The van der Waals surface area contributed by atoms with E-state index in [0.717, 1.165) is 11.3 Å². The van der Waals surface area contributed by atoms with Crippen molar-refractivity contribution >= 4 is 23.5 Å². The second-order valence-corrected chi connectivity index (χ2v) is 4.74. The lowest BCUT2D eigenvalue weighted by Gasteiger charge is -2.00. The van der Waals surface area contributed by atoms with E-state index in [1.165, 1.54) is 5.56 Å². The Labute approximate surface area is 110 Å². The van der Waals surface area contributed by atoms with E-state index in [-0.39, 0.29) is 5.91 Å². The van der Waals surface area contributed by atoms with Gasteiger partial charge in [-0.25, -0.2) is 5.43 Å². The number of thiophene rings is 1. The highest BCUT2D eigenvalue weighted by atomic mass is 32.1. The van der Waals surface area contributed by atoms with Gasteiger partial charge in [0.1, 0.15) is 0 Å². The van der Waals surface area contributed by atoms with Gasteiger partial charge in [-0.1, -0.05) is 25.1 Å². The maximum Gasteiger partial charge on any atom is 0.271 e. The molecule has 1 aromatic carbocycles. The Hall–Kier alpha value is -1.94. The molecule has 0 aliphatic carbocycles. The van der Waals surface area contributed by atoms with Crippen molar-refractivity contribution in [2.24, 2.45) is 5.10 Å². The van der Waals surface area contributed by atoms with Gasteiger partial charge in [0.2, 0.25) is 0 Å².